The number of fused-ring (bicyclic) bond motifs is 1. The van der Waals surface area contributed by atoms with Crippen molar-refractivity contribution in [3.8, 4) is 5.88 Å². The molecule has 0 radical (unpaired) electrons. The molecule has 0 aliphatic heterocycles. The van der Waals surface area contributed by atoms with Gasteiger partial charge in [-0.25, -0.2) is 4.68 Å². The Morgan fingerprint density at radius 1 is 1.48 bits per heavy atom. The Morgan fingerprint density at radius 2 is 2.22 bits per heavy atom. The average Bonchev–Trinajstić information content (AvgIpc) is 2.81. The first-order valence-corrected chi connectivity index (χ1v) is 7.71. The lowest BCUT2D eigenvalue weighted by Crippen LogP contribution is -2.20. The second-order valence-corrected chi connectivity index (χ2v) is 5.52. The van der Waals surface area contributed by atoms with Crippen LogP contribution < -0.4 is 10.3 Å². The largest absolute Gasteiger partial charge is 0.478 e. The van der Waals surface area contributed by atoms with E-state index in [2.05, 4.69) is 42.6 Å². The number of rotatable bonds is 8. The highest BCUT2D eigenvalue weighted by Crippen LogP contribution is 2.30. The van der Waals surface area contributed by atoms with Crippen LogP contribution in [-0.4, -0.2) is 21.4 Å². The maximum atomic E-state index is 5.51. The first kappa shape index (κ1) is 16.9. The Morgan fingerprint density at radius 3 is 2.83 bits per heavy atom. The van der Waals surface area contributed by atoms with Gasteiger partial charge in [-0.3, -0.25) is 0 Å². The number of nitrogens with zero attached hydrogens (tertiary/aromatic N) is 3. The van der Waals surface area contributed by atoms with E-state index in [0.29, 0.717) is 30.8 Å². The van der Waals surface area contributed by atoms with Gasteiger partial charge in [0.25, 0.3) is 0 Å². The van der Waals surface area contributed by atoms with Crippen molar-refractivity contribution in [2.75, 3.05) is 6.61 Å². The van der Waals surface area contributed by atoms with E-state index in [1.165, 1.54) is 0 Å². The molecule has 0 saturated heterocycles. The molecule has 6 heteroatoms. The molecule has 0 aromatic carbocycles. The summed E-state index contributed by atoms with van der Waals surface area (Å²) >= 11 is 0. The summed E-state index contributed by atoms with van der Waals surface area (Å²) in [5.74, 6) is 1.11. The topological polar surface area (TPSA) is 61.2 Å². The van der Waals surface area contributed by atoms with Gasteiger partial charge in [0.05, 0.1) is 18.8 Å². The number of hydrogen-bond donors (Lipinski definition) is 1. The third kappa shape index (κ3) is 3.64. The summed E-state index contributed by atoms with van der Waals surface area (Å²) in [7, 11) is 0. The molecule has 0 fully saturated rings. The molecular formula is C17H24N4O2. The van der Waals surface area contributed by atoms with Gasteiger partial charge in [-0.05, 0) is 31.9 Å². The second-order valence-electron chi connectivity index (χ2n) is 5.52. The normalized spacial score (nSPS) is 10.8. The van der Waals surface area contributed by atoms with E-state index in [4.69, 9.17) is 9.57 Å². The molecule has 0 amide bonds. The molecule has 0 unspecified atom stereocenters. The SMILES string of the molecule is C=CCn1nc(C)c2c(C(C)C)cc(ONC(=C)OCC)nc21. The minimum Gasteiger partial charge on any atom is -0.478 e. The predicted molar refractivity (Wildman–Crippen MR) is 91.1 cm³/mol. The number of nitrogens with one attached hydrogen (secondary N) is 1. The summed E-state index contributed by atoms with van der Waals surface area (Å²) in [5.41, 5.74) is 5.54. The fourth-order valence-electron chi connectivity index (χ4n) is 2.43. The smallest absolute Gasteiger partial charge is 0.248 e. The summed E-state index contributed by atoms with van der Waals surface area (Å²) in [5, 5.41) is 5.62. The zero-order valence-corrected chi connectivity index (χ0v) is 14.2. The number of aromatic nitrogens is 3. The molecule has 0 bridgehead atoms. The van der Waals surface area contributed by atoms with Crippen molar-refractivity contribution in [2.24, 2.45) is 0 Å². The predicted octanol–water partition coefficient (Wildman–Crippen LogP) is 3.44. The fraction of sp³-hybridized carbons (Fsp3) is 0.412. The highest BCUT2D eigenvalue weighted by Gasteiger charge is 2.17. The lowest BCUT2D eigenvalue weighted by molar-refractivity contribution is 0.111. The lowest BCUT2D eigenvalue weighted by atomic mass is 10.00. The average molecular weight is 316 g/mol. The van der Waals surface area contributed by atoms with Crippen LogP contribution in [0.2, 0.25) is 0 Å². The number of aryl methyl sites for hydroxylation is 1. The molecule has 124 valence electrons. The highest BCUT2D eigenvalue weighted by atomic mass is 16.7. The highest BCUT2D eigenvalue weighted by molar-refractivity contribution is 5.83. The first-order valence-electron chi connectivity index (χ1n) is 7.71. The van der Waals surface area contributed by atoms with E-state index in [-0.39, 0.29) is 0 Å². The van der Waals surface area contributed by atoms with Crippen LogP contribution in [0.3, 0.4) is 0 Å². The van der Waals surface area contributed by atoms with Crippen LogP contribution in [0.25, 0.3) is 11.0 Å². The maximum absolute atomic E-state index is 5.51. The molecular weight excluding hydrogens is 292 g/mol. The van der Waals surface area contributed by atoms with Crippen LogP contribution in [0.4, 0.5) is 0 Å². The van der Waals surface area contributed by atoms with Gasteiger partial charge in [-0.2, -0.15) is 15.6 Å². The summed E-state index contributed by atoms with van der Waals surface area (Å²) in [6.45, 7) is 16.7. The van der Waals surface area contributed by atoms with Crippen molar-refractivity contribution >= 4 is 11.0 Å². The van der Waals surface area contributed by atoms with E-state index in [9.17, 15) is 0 Å². The van der Waals surface area contributed by atoms with Gasteiger partial charge in [-0.15, -0.1) is 6.58 Å². The molecule has 2 aromatic heterocycles. The number of ether oxygens (including phenoxy) is 1. The van der Waals surface area contributed by atoms with E-state index < -0.39 is 0 Å². The standard InChI is InChI=1S/C17H24N4O2/c1-7-9-21-17-16(12(5)19-21)14(11(3)4)10-15(18-17)23-20-13(6)22-8-2/h7,10-11,20H,1,6,8-9H2,2-5H3. The summed E-state index contributed by atoms with van der Waals surface area (Å²) in [6, 6.07) is 1.92. The Hall–Kier alpha value is -2.50. The van der Waals surface area contributed by atoms with Crippen molar-refractivity contribution in [1.29, 1.82) is 0 Å². The van der Waals surface area contributed by atoms with Gasteiger partial charge in [0.2, 0.25) is 11.8 Å². The summed E-state index contributed by atoms with van der Waals surface area (Å²) < 4.78 is 7.03. The maximum Gasteiger partial charge on any atom is 0.248 e. The molecule has 0 spiro atoms. The van der Waals surface area contributed by atoms with Gasteiger partial charge in [0, 0.05) is 11.5 Å². The van der Waals surface area contributed by atoms with Crippen LogP contribution >= 0.6 is 0 Å². The van der Waals surface area contributed by atoms with Crippen LogP contribution in [0.15, 0.2) is 31.2 Å². The fourth-order valence-corrected chi connectivity index (χ4v) is 2.43. The van der Waals surface area contributed by atoms with Crippen molar-refractivity contribution in [2.45, 2.75) is 40.2 Å². The van der Waals surface area contributed by atoms with Crippen LogP contribution in [0.1, 0.15) is 37.9 Å². The lowest BCUT2D eigenvalue weighted by Gasteiger charge is -2.13. The van der Waals surface area contributed by atoms with Crippen molar-refractivity contribution < 1.29 is 9.57 Å². The zero-order valence-electron chi connectivity index (χ0n) is 14.2. The zero-order chi connectivity index (χ0) is 17.0. The summed E-state index contributed by atoms with van der Waals surface area (Å²) in [4.78, 5) is 10.1. The van der Waals surface area contributed by atoms with Crippen LogP contribution in [0, 0.1) is 6.92 Å². The molecule has 6 nitrogen and oxygen atoms in total. The van der Waals surface area contributed by atoms with E-state index in [1.807, 2.05) is 24.6 Å². The van der Waals surface area contributed by atoms with E-state index >= 15 is 0 Å². The third-order valence-electron chi connectivity index (χ3n) is 3.40. The Balaban J connectivity index is 2.44. The first-order chi connectivity index (χ1) is 11.0. The Labute approximate surface area is 136 Å². The number of hydroxylamine groups is 1. The molecule has 23 heavy (non-hydrogen) atoms. The van der Waals surface area contributed by atoms with Crippen molar-refractivity contribution in [1.82, 2.24) is 20.2 Å². The minimum atomic E-state index is 0.318. The van der Waals surface area contributed by atoms with Gasteiger partial charge < -0.3 is 9.57 Å². The number of allylic oxidation sites excluding steroid dienone is 1. The number of pyridine rings is 1. The van der Waals surface area contributed by atoms with Crippen molar-refractivity contribution in [3.05, 3.63) is 42.4 Å². The molecule has 0 aliphatic carbocycles. The van der Waals surface area contributed by atoms with E-state index in [0.717, 1.165) is 22.3 Å². The van der Waals surface area contributed by atoms with Crippen LogP contribution in [0.5, 0.6) is 5.88 Å². The Bertz CT molecular complexity index is 719. The Kier molecular flexibility index (Phi) is 5.26. The van der Waals surface area contributed by atoms with Gasteiger partial charge in [0.15, 0.2) is 5.65 Å². The second kappa shape index (κ2) is 7.17. The molecule has 0 saturated carbocycles. The van der Waals surface area contributed by atoms with Gasteiger partial charge >= 0.3 is 0 Å². The van der Waals surface area contributed by atoms with E-state index in [1.54, 1.807) is 6.08 Å². The minimum absolute atomic E-state index is 0.318. The summed E-state index contributed by atoms with van der Waals surface area (Å²) in [6.07, 6.45) is 1.80. The molecule has 0 atom stereocenters. The third-order valence-corrected chi connectivity index (χ3v) is 3.40. The van der Waals surface area contributed by atoms with Gasteiger partial charge in [-0.1, -0.05) is 19.9 Å². The number of hydrogen-bond acceptors (Lipinski definition) is 5. The molecule has 1 N–H and O–H groups in total. The molecule has 2 heterocycles. The van der Waals surface area contributed by atoms with Gasteiger partial charge in [0.1, 0.15) is 0 Å². The van der Waals surface area contributed by atoms with Crippen LogP contribution in [-0.2, 0) is 11.3 Å². The molecule has 0 aliphatic rings. The monoisotopic (exact) mass is 316 g/mol. The van der Waals surface area contributed by atoms with Crippen molar-refractivity contribution in [3.63, 3.8) is 0 Å². The molecule has 2 rings (SSSR count). The quantitative estimate of drug-likeness (QED) is 0.459. The molecule has 2 aromatic rings.